The predicted molar refractivity (Wildman–Crippen MR) is 150 cm³/mol. The van der Waals surface area contributed by atoms with Gasteiger partial charge in [0.25, 0.3) is 0 Å². The summed E-state index contributed by atoms with van der Waals surface area (Å²) in [5.74, 6) is 0. The van der Waals surface area contributed by atoms with E-state index >= 15 is 0 Å². The van der Waals surface area contributed by atoms with Crippen LogP contribution in [0.15, 0.2) is 128 Å². The lowest BCUT2D eigenvalue weighted by atomic mass is 9.90. The fraction of sp³-hybridized carbons (Fsp3) is 0.0294. The first-order valence-corrected chi connectivity index (χ1v) is 12.1. The molecule has 0 amide bonds. The fourth-order valence-electron chi connectivity index (χ4n) is 5.32. The van der Waals surface area contributed by atoms with Gasteiger partial charge in [-0.25, -0.2) is 0 Å². The summed E-state index contributed by atoms with van der Waals surface area (Å²) in [6.07, 6.45) is 13.9. The lowest BCUT2D eigenvalue weighted by Gasteiger charge is -2.14. The van der Waals surface area contributed by atoms with Crippen molar-refractivity contribution in [1.82, 2.24) is 4.98 Å². The van der Waals surface area contributed by atoms with Crippen LogP contribution in [0.2, 0.25) is 0 Å². The Balaban J connectivity index is 1.27. The molecule has 0 saturated carbocycles. The molecule has 0 bridgehead atoms. The van der Waals surface area contributed by atoms with E-state index in [4.69, 9.17) is 4.98 Å². The maximum atomic E-state index is 4.85. The Morgan fingerprint density at radius 3 is 2.09 bits per heavy atom. The summed E-state index contributed by atoms with van der Waals surface area (Å²) in [5.41, 5.74) is 6.95. The predicted octanol–water partition coefficient (Wildman–Crippen LogP) is 9.21. The number of hydrogen-bond acceptors (Lipinski definition) is 1. The average Bonchev–Trinajstić information content (AvgIpc) is 3.22. The zero-order chi connectivity index (χ0) is 23.2. The van der Waals surface area contributed by atoms with Crippen molar-refractivity contribution in [3.63, 3.8) is 0 Å². The minimum Gasteiger partial charge on any atom is -0.256 e. The highest BCUT2D eigenvalue weighted by molar-refractivity contribution is 6.25. The van der Waals surface area contributed by atoms with Crippen LogP contribution in [-0.4, -0.2) is 4.98 Å². The SMILES string of the molecule is C1=CCC=CC(c2ccc(-c3ccc(-c4ccc5ccc6cccc7ccc4c5c67)cn3)cc2)=C1. The Bertz CT molecular complexity index is 1770. The smallest absolute Gasteiger partial charge is 0.0702 e. The molecule has 0 radical (unpaired) electrons. The van der Waals surface area contributed by atoms with Crippen LogP contribution in [0.4, 0.5) is 0 Å². The molecule has 1 heterocycles. The molecule has 1 aliphatic carbocycles. The number of rotatable bonds is 3. The quantitative estimate of drug-likeness (QED) is 0.247. The van der Waals surface area contributed by atoms with Gasteiger partial charge in [-0.2, -0.15) is 0 Å². The monoisotopic (exact) mass is 445 g/mol. The van der Waals surface area contributed by atoms with Gasteiger partial charge in [0, 0.05) is 17.3 Å². The van der Waals surface area contributed by atoms with E-state index in [1.165, 1.54) is 49.0 Å². The zero-order valence-corrected chi connectivity index (χ0v) is 19.3. The molecule has 0 aliphatic heterocycles. The lowest BCUT2D eigenvalue weighted by Crippen LogP contribution is -1.89. The molecule has 164 valence electrons. The topological polar surface area (TPSA) is 12.9 Å². The van der Waals surface area contributed by atoms with Gasteiger partial charge in [0.15, 0.2) is 0 Å². The number of allylic oxidation sites excluding steroid dienone is 6. The van der Waals surface area contributed by atoms with Gasteiger partial charge in [0.1, 0.15) is 0 Å². The Labute approximate surface area is 204 Å². The third-order valence-electron chi connectivity index (χ3n) is 7.10. The van der Waals surface area contributed by atoms with Crippen LogP contribution < -0.4 is 0 Å². The van der Waals surface area contributed by atoms with E-state index in [1.807, 2.05) is 6.20 Å². The van der Waals surface area contributed by atoms with Crippen LogP contribution in [0.5, 0.6) is 0 Å². The second-order valence-corrected chi connectivity index (χ2v) is 9.17. The van der Waals surface area contributed by atoms with Crippen LogP contribution in [0.25, 0.3) is 60.3 Å². The molecular formula is C34H23N. The second-order valence-electron chi connectivity index (χ2n) is 9.17. The number of aromatic nitrogens is 1. The van der Waals surface area contributed by atoms with Gasteiger partial charge in [-0.05, 0) is 61.5 Å². The largest absolute Gasteiger partial charge is 0.256 e. The summed E-state index contributed by atoms with van der Waals surface area (Å²) in [6.45, 7) is 0. The molecule has 0 fully saturated rings. The number of benzene rings is 5. The van der Waals surface area contributed by atoms with Gasteiger partial charge in [-0.15, -0.1) is 0 Å². The zero-order valence-electron chi connectivity index (χ0n) is 19.3. The molecule has 0 spiro atoms. The van der Waals surface area contributed by atoms with E-state index in [0.717, 1.165) is 23.2 Å². The maximum absolute atomic E-state index is 4.85. The molecule has 1 heteroatoms. The van der Waals surface area contributed by atoms with Gasteiger partial charge in [-0.1, -0.05) is 115 Å². The molecule has 0 N–H and O–H groups in total. The van der Waals surface area contributed by atoms with Gasteiger partial charge < -0.3 is 0 Å². The molecular weight excluding hydrogens is 422 g/mol. The lowest BCUT2D eigenvalue weighted by molar-refractivity contribution is 1.33. The molecule has 0 saturated heterocycles. The number of nitrogens with zero attached hydrogens (tertiary/aromatic N) is 1. The van der Waals surface area contributed by atoms with E-state index in [0.29, 0.717) is 0 Å². The van der Waals surface area contributed by atoms with Crippen molar-refractivity contribution in [2.45, 2.75) is 6.42 Å². The van der Waals surface area contributed by atoms with Crippen LogP contribution in [0.3, 0.4) is 0 Å². The van der Waals surface area contributed by atoms with Crippen LogP contribution in [0, 0.1) is 0 Å². The molecule has 0 unspecified atom stereocenters. The van der Waals surface area contributed by atoms with Gasteiger partial charge in [0.2, 0.25) is 0 Å². The highest BCUT2D eigenvalue weighted by atomic mass is 14.7. The van der Waals surface area contributed by atoms with Crippen molar-refractivity contribution in [3.8, 4) is 22.4 Å². The first-order valence-electron chi connectivity index (χ1n) is 12.1. The van der Waals surface area contributed by atoms with E-state index in [-0.39, 0.29) is 0 Å². The Hall–Kier alpha value is -4.49. The van der Waals surface area contributed by atoms with Crippen molar-refractivity contribution < 1.29 is 0 Å². The van der Waals surface area contributed by atoms with Crippen LogP contribution >= 0.6 is 0 Å². The Morgan fingerprint density at radius 1 is 0.571 bits per heavy atom. The van der Waals surface area contributed by atoms with E-state index in [1.54, 1.807) is 0 Å². The highest BCUT2D eigenvalue weighted by Gasteiger charge is 2.12. The van der Waals surface area contributed by atoms with E-state index in [2.05, 4.69) is 121 Å². The van der Waals surface area contributed by atoms with Crippen molar-refractivity contribution in [2.75, 3.05) is 0 Å². The molecule has 1 nitrogen and oxygen atoms in total. The summed E-state index contributed by atoms with van der Waals surface area (Å²) in [6, 6.07) is 33.0. The second kappa shape index (κ2) is 8.07. The van der Waals surface area contributed by atoms with Crippen molar-refractivity contribution in [3.05, 3.63) is 133 Å². The molecule has 1 aliphatic rings. The molecule has 6 aromatic rings. The average molecular weight is 446 g/mol. The molecule has 7 rings (SSSR count). The summed E-state index contributed by atoms with van der Waals surface area (Å²) in [4.78, 5) is 4.85. The summed E-state index contributed by atoms with van der Waals surface area (Å²) < 4.78 is 0. The third kappa shape index (κ3) is 3.36. The first kappa shape index (κ1) is 19.9. The molecule has 0 atom stereocenters. The van der Waals surface area contributed by atoms with Gasteiger partial charge in [-0.3, -0.25) is 4.98 Å². The maximum Gasteiger partial charge on any atom is 0.0702 e. The van der Waals surface area contributed by atoms with E-state index < -0.39 is 0 Å². The first-order chi connectivity index (χ1) is 17.3. The van der Waals surface area contributed by atoms with Crippen LogP contribution in [0.1, 0.15) is 12.0 Å². The highest BCUT2D eigenvalue weighted by Crippen LogP contribution is 2.39. The van der Waals surface area contributed by atoms with Gasteiger partial charge >= 0.3 is 0 Å². The summed E-state index contributed by atoms with van der Waals surface area (Å²) in [7, 11) is 0. The van der Waals surface area contributed by atoms with Crippen molar-refractivity contribution in [1.29, 1.82) is 0 Å². The minimum atomic E-state index is 0.987. The molecule has 1 aromatic heterocycles. The third-order valence-corrected chi connectivity index (χ3v) is 7.10. The van der Waals surface area contributed by atoms with Crippen LogP contribution in [-0.2, 0) is 0 Å². The van der Waals surface area contributed by atoms with Gasteiger partial charge in [0.05, 0.1) is 5.69 Å². The minimum absolute atomic E-state index is 0.987. The normalized spacial score (nSPS) is 13.5. The van der Waals surface area contributed by atoms with Crippen molar-refractivity contribution >= 4 is 37.9 Å². The fourth-order valence-corrected chi connectivity index (χ4v) is 5.32. The van der Waals surface area contributed by atoms with Crippen molar-refractivity contribution in [2.24, 2.45) is 0 Å². The molecule has 35 heavy (non-hydrogen) atoms. The number of hydrogen-bond donors (Lipinski definition) is 0. The standard InChI is InChI=1S/C34H23N/c1-2-4-7-23(6-3-1)24-10-12-25(13-11-24)32-21-18-29(22-35-32)30-19-16-28-15-14-26-8-5-9-27-17-20-31(30)34(28)33(26)27/h1,3-22H,2H2. The Kier molecular flexibility index (Phi) is 4.60. The summed E-state index contributed by atoms with van der Waals surface area (Å²) in [5, 5.41) is 7.84. The number of pyridine rings is 1. The summed E-state index contributed by atoms with van der Waals surface area (Å²) >= 11 is 0. The molecule has 5 aromatic carbocycles. The Morgan fingerprint density at radius 2 is 1.29 bits per heavy atom. The van der Waals surface area contributed by atoms with E-state index in [9.17, 15) is 0 Å².